The minimum Gasteiger partial charge on any atom is -0.411 e. The van der Waals surface area contributed by atoms with Gasteiger partial charge in [-0.3, -0.25) is 5.32 Å². The Morgan fingerprint density at radius 2 is 2.21 bits per heavy atom. The molecular weight excluding hydrogens is 259 g/mol. The van der Waals surface area contributed by atoms with Crippen molar-refractivity contribution in [1.82, 2.24) is 5.32 Å². The Balaban J connectivity index is 3.13. The van der Waals surface area contributed by atoms with Crippen molar-refractivity contribution in [3.8, 4) is 6.07 Å². The molecule has 0 radical (unpaired) electrons. The summed E-state index contributed by atoms with van der Waals surface area (Å²) in [5, 5.41) is 22.9. The first-order valence-electron chi connectivity index (χ1n) is 5.36. The average Bonchev–Trinajstić information content (AvgIpc) is 2.38. The van der Waals surface area contributed by atoms with Crippen LogP contribution in [0.3, 0.4) is 0 Å². The van der Waals surface area contributed by atoms with E-state index in [1.54, 1.807) is 0 Å². The van der Waals surface area contributed by atoms with Gasteiger partial charge >= 0.3 is 6.18 Å². The first kappa shape index (κ1) is 15.0. The molecule has 0 saturated carbocycles. The molecule has 1 rings (SSSR count). The number of hydrogen-bond donors (Lipinski definition) is 2. The number of oxime groups is 1. The number of benzene rings is 1. The fourth-order valence-electron chi connectivity index (χ4n) is 1.61. The van der Waals surface area contributed by atoms with Gasteiger partial charge < -0.3 is 5.21 Å². The molecule has 1 aromatic carbocycles. The third-order valence-corrected chi connectivity index (χ3v) is 2.51. The van der Waals surface area contributed by atoms with Crippen molar-refractivity contribution in [2.24, 2.45) is 5.16 Å². The molecule has 1 aromatic rings. The molecule has 0 aromatic heterocycles. The molecule has 19 heavy (non-hydrogen) atoms. The maximum atomic E-state index is 12.6. The summed E-state index contributed by atoms with van der Waals surface area (Å²) in [7, 11) is 0. The lowest BCUT2D eigenvalue weighted by atomic mass is 10.0. The van der Waals surface area contributed by atoms with Crippen molar-refractivity contribution in [1.29, 1.82) is 5.26 Å². The molecule has 0 saturated heterocycles. The zero-order chi connectivity index (χ0) is 14.5. The largest absolute Gasteiger partial charge is 0.416 e. The number of nitrogens with zero attached hydrogens (tertiary/aromatic N) is 2. The Morgan fingerprint density at radius 3 is 2.74 bits per heavy atom. The SMILES string of the molecule is C/C(=N\O)C(NCC#N)c1cccc(C(F)(F)F)c1. The van der Waals surface area contributed by atoms with Crippen molar-refractivity contribution in [3.05, 3.63) is 35.4 Å². The average molecular weight is 271 g/mol. The predicted molar refractivity (Wildman–Crippen MR) is 62.7 cm³/mol. The van der Waals surface area contributed by atoms with Crippen LogP contribution in [0, 0.1) is 11.3 Å². The topological polar surface area (TPSA) is 68.4 Å². The summed E-state index contributed by atoms with van der Waals surface area (Å²) in [6.45, 7) is 1.38. The standard InChI is InChI=1S/C12H12F3N3O/c1-8(18-19)11(17-6-5-16)9-3-2-4-10(7-9)12(13,14)15/h2-4,7,11,17,19H,6H2,1H3/b18-8+. The number of nitriles is 1. The first-order chi connectivity index (χ1) is 8.90. The highest BCUT2D eigenvalue weighted by molar-refractivity contribution is 5.88. The molecule has 1 atom stereocenters. The summed E-state index contributed by atoms with van der Waals surface area (Å²) in [5.41, 5.74) is -0.338. The summed E-state index contributed by atoms with van der Waals surface area (Å²) in [6.07, 6.45) is -4.44. The minimum atomic E-state index is -4.44. The molecule has 2 N–H and O–H groups in total. The van der Waals surface area contributed by atoms with E-state index in [0.717, 1.165) is 12.1 Å². The molecule has 0 aliphatic carbocycles. The lowest BCUT2D eigenvalue weighted by molar-refractivity contribution is -0.137. The summed E-state index contributed by atoms with van der Waals surface area (Å²) in [5.74, 6) is 0. The Kier molecular flexibility index (Phi) is 4.89. The second-order valence-corrected chi connectivity index (χ2v) is 3.84. The molecule has 0 aliphatic heterocycles. The maximum absolute atomic E-state index is 12.6. The highest BCUT2D eigenvalue weighted by Crippen LogP contribution is 2.30. The molecule has 0 aliphatic rings. The quantitative estimate of drug-likeness (QED) is 0.383. The third-order valence-electron chi connectivity index (χ3n) is 2.51. The summed E-state index contributed by atoms with van der Waals surface area (Å²) in [6, 6.07) is 5.73. The second kappa shape index (κ2) is 6.20. The van der Waals surface area contributed by atoms with Gasteiger partial charge in [0.1, 0.15) is 0 Å². The van der Waals surface area contributed by atoms with Gasteiger partial charge in [-0.1, -0.05) is 17.3 Å². The number of hydrogen-bond acceptors (Lipinski definition) is 4. The number of halogens is 3. The van der Waals surface area contributed by atoms with Gasteiger partial charge in [-0.2, -0.15) is 18.4 Å². The molecule has 7 heteroatoms. The zero-order valence-corrected chi connectivity index (χ0v) is 10.1. The molecular formula is C12H12F3N3O. The highest BCUT2D eigenvalue weighted by atomic mass is 19.4. The van der Waals surface area contributed by atoms with Crippen LogP contribution in [-0.4, -0.2) is 17.5 Å². The van der Waals surface area contributed by atoms with Crippen LogP contribution in [0.25, 0.3) is 0 Å². The van der Waals surface area contributed by atoms with Gasteiger partial charge in [0.2, 0.25) is 0 Å². The van der Waals surface area contributed by atoms with Crippen molar-refractivity contribution >= 4 is 5.71 Å². The lowest BCUT2D eigenvalue weighted by Crippen LogP contribution is -2.28. The van der Waals surface area contributed by atoms with Gasteiger partial charge in [-0.15, -0.1) is 0 Å². The summed E-state index contributed by atoms with van der Waals surface area (Å²) in [4.78, 5) is 0. The molecule has 0 bridgehead atoms. The smallest absolute Gasteiger partial charge is 0.411 e. The van der Waals surface area contributed by atoms with E-state index in [-0.39, 0.29) is 17.8 Å². The fraction of sp³-hybridized carbons (Fsp3) is 0.333. The van der Waals surface area contributed by atoms with E-state index in [9.17, 15) is 13.2 Å². The Bertz CT molecular complexity index is 506. The van der Waals surface area contributed by atoms with Crippen LogP contribution in [0.15, 0.2) is 29.4 Å². The van der Waals surface area contributed by atoms with Gasteiger partial charge in [-0.05, 0) is 24.6 Å². The van der Waals surface area contributed by atoms with E-state index in [1.807, 2.05) is 6.07 Å². The number of nitrogens with one attached hydrogen (secondary N) is 1. The Labute approximate surface area is 108 Å². The van der Waals surface area contributed by atoms with Crippen LogP contribution in [0.1, 0.15) is 24.1 Å². The van der Waals surface area contributed by atoms with Gasteiger partial charge in [-0.25, -0.2) is 0 Å². The van der Waals surface area contributed by atoms with Gasteiger partial charge in [0.25, 0.3) is 0 Å². The van der Waals surface area contributed by atoms with Crippen LogP contribution in [-0.2, 0) is 6.18 Å². The summed E-state index contributed by atoms with van der Waals surface area (Å²) < 4.78 is 37.8. The molecule has 102 valence electrons. The van der Waals surface area contributed by atoms with Crippen LogP contribution >= 0.6 is 0 Å². The second-order valence-electron chi connectivity index (χ2n) is 3.84. The van der Waals surface area contributed by atoms with Crippen molar-refractivity contribution < 1.29 is 18.4 Å². The number of rotatable bonds is 4. The number of alkyl halides is 3. The molecule has 0 fully saturated rings. The van der Waals surface area contributed by atoms with Gasteiger partial charge in [0, 0.05) is 0 Å². The highest BCUT2D eigenvalue weighted by Gasteiger charge is 2.31. The van der Waals surface area contributed by atoms with Crippen LogP contribution in [0.4, 0.5) is 13.2 Å². The van der Waals surface area contributed by atoms with E-state index < -0.39 is 17.8 Å². The monoisotopic (exact) mass is 271 g/mol. The normalized spacial score (nSPS) is 13.9. The van der Waals surface area contributed by atoms with Gasteiger partial charge in [0.05, 0.1) is 29.9 Å². The maximum Gasteiger partial charge on any atom is 0.416 e. The van der Waals surface area contributed by atoms with Crippen molar-refractivity contribution in [2.45, 2.75) is 19.1 Å². The predicted octanol–water partition coefficient (Wildman–Crippen LogP) is 2.71. The van der Waals surface area contributed by atoms with E-state index in [0.29, 0.717) is 0 Å². The van der Waals surface area contributed by atoms with Crippen molar-refractivity contribution in [3.63, 3.8) is 0 Å². The zero-order valence-electron chi connectivity index (χ0n) is 10.1. The van der Waals surface area contributed by atoms with Gasteiger partial charge in [0.15, 0.2) is 0 Å². The van der Waals surface area contributed by atoms with Crippen LogP contribution in [0.2, 0.25) is 0 Å². The first-order valence-corrected chi connectivity index (χ1v) is 5.36. The van der Waals surface area contributed by atoms with E-state index in [2.05, 4.69) is 10.5 Å². The van der Waals surface area contributed by atoms with Crippen LogP contribution < -0.4 is 5.32 Å². The third kappa shape index (κ3) is 3.96. The van der Waals surface area contributed by atoms with Crippen molar-refractivity contribution in [2.75, 3.05) is 6.54 Å². The Morgan fingerprint density at radius 1 is 1.53 bits per heavy atom. The lowest BCUT2D eigenvalue weighted by Gasteiger charge is -2.18. The molecule has 0 amide bonds. The van der Waals surface area contributed by atoms with E-state index in [1.165, 1.54) is 19.1 Å². The minimum absolute atomic E-state index is 0.0756. The molecule has 1 unspecified atom stereocenters. The Hall–Kier alpha value is -2.07. The molecule has 4 nitrogen and oxygen atoms in total. The van der Waals surface area contributed by atoms with E-state index in [4.69, 9.17) is 10.5 Å². The summed E-state index contributed by atoms with van der Waals surface area (Å²) >= 11 is 0. The molecule has 0 heterocycles. The van der Waals surface area contributed by atoms with E-state index >= 15 is 0 Å². The van der Waals surface area contributed by atoms with Crippen LogP contribution in [0.5, 0.6) is 0 Å². The molecule has 0 spiro atoms. The fourth-order valence-corrected chi connectivity index (χ4v) is 1.61.